The molecule has 3 aromatic rings. The molecule has 7 nitrogen and oxygen atoms in total. The van der Waals surface area contributed by atoms with Gasteiger partial charge in [0.1, 0.15) is 28.6 Å². The Hall–Kier alpha value is -4.00. The molecule has 7 heteroatoms. The van der Waals surface area contributed by atoms with Crippen LogP contribution in [-0.2, 0) is 4.79 Å². The molecule has 0 radical (unpaired) electrons. The zero-order valence-electron chi connectivity index (χ0n) is 19.7. The molecule has 1 unspecified atom stereocenters. The van der Waals surface area contributed by atoms with Crippen LogP contribution < -0.4 is 20.1 Å². The number of furan rings is 1. The Morgan fingerprint density at radius 1 is 1.12 bits per heavy atom. The van der Waals surface area contributed by atoms with E-state index < -0.39 is 11.5 Å². The predicted molar refractivity (Wildman–Crippen MR) is 129 cm³/mol. The van der Waals surface area contributed by atoms with E-state index in [1.165, 1.54) is 12.3 Å². The van der Waals surface area contributed by atoms with E-state index in [-0.39, 0.29) is 17.6 Å². The second-order valence-corrected chi connectivity index (χ2v) is 8.84. The largest absolute Gasteiger partial charge is 0.497 e. The Bertz CT molecular complexity index is 1230. The lowest BCUT2D eigenvalue weighted by atomic mass is 9.89. The number of benzene rings is 2. The third-order valence-corrected chi connectivity index (χ3v) is 5.70. The number of amides is 2. The minimum Gasteiger partial charge on any atom is -0.497 e. The van der Waals surface area contributed by atoms with Crippen LogP contribution in [0.1, 0.15) is 53.6 Å². The lowest BCUT2D eigenvalue weighted by molar-refractivity contribution is -0.119. The summed E-state index contributed by atoms with van der Waals surface area (Å²) in [5, 5.41) is 5.83. The lowest BCUT2D eigenvalue weighted by Crippen LogP contribution is -2.43. The van der Waals surface area contributed by atoms with Gasteiger partial charge in [-0.2, -0.15) is 0 Å². The maximum atomic E-state index is 13.4. The molecule has 0 aliphatic carbocycles. The van der Waals surface area contributed by atoms with Crippen molar-refractivity contribution in [1.82, 2.24) is 10.6 Å². The van der Waals surface area contributed by atoms with Crippen molar-refractivity contribution in [3.05, 3.63) is 89.0 Å². The topological polar surface area (TPSA) is 89.8 Å². The first-order chi connectivity index (χ1) is 16.3. The zero-order valence-corrected chi connectivity index (χ0v) is 19.7. The second-order valence-electron chi connectivity index (χ2n) is 8.84. The molecule has 1 aliphatic heterocycles. The summed E-state index contributed by atoms with van der Waals surface area (Å²) < 4.78 is 16.8. The first-order valence-electron chi connectivity index (χ1n) is 11.1. The number of rotatable bonds is 6. The van der Waals surface area contributed by atoms with E-state index in [1.807, 2.05) is 51.1 Å². The van der Waals surface area contributed by atoms with Gasteiger partial charge in [-0.15, -0.1) is 0 Å². The highest BCUT2D eigenvalue weighted by atomic mass is 16.5. The zero-order chi connectivity index (χ0) is 24.3. The summed E-state index contributed by atoms with van der Waals surface area (Å²) in [6.45, 7) is 5.78. The van der Waals surface area contributed by atoms with E-state index in [1.54, 1.807) is 31.4 Å². The van der Waals surface area contributed by atoms with E-state index in [4.69, 9.17) is 13.9 Å². The molecule has 2 N–H and O–H groups in total. The first-order valence-corrected chi connectivity index (χ1v) is 11.1. The lowest BCUT2D eigenvalue weighted by Gasteiger charge is -2.38. The van der Waals surface area contributed by atoms with Crippen LogP contribution in [0.2, 0.25) is 0 Å². The van der Waals surface area contributed by atoms with Crippen molar-refractivity contribution < 1.29 is 23.5 Å². The van der Waals surface area contributed by atoms with Crippen LogP contribution in [0.25, 0.3) is 6.08 Å². The third-order valence-electron chi connectivity index (χ3n) is 5.70. The van der Waals surface area contributed by atoms with Gasteiger partial charge in [-0.05, 0) is 56.7 Å². The van der Waals surface area contributed by atoms with Crippen LogP contribution in [0.15, 0.2) is 71.0 Å². The normalized spacial score (nSPS) is 16.7. The van der Waals surface area contributed by atoms with Crippen LogP contribution >= 0.6 is 0 Å². The number of hydrogen-bond acceptors (Lipinski definition) is 5. The smallest absolute Gasteiger partial charge is 0.268 e. The summed E-state index contributed by atoms with van der Waals surface area (Å²) in [5.41, 5.74) is 1.72. The Kier molecular flexibility index (Phi) is 6.45. The average Bonchev–Trinajstić information content (AvgIpc) is 3.30. The molecule has 2 heterocycles. The van der Waals surface area contributed by atoms with Gasteiger partial charge >= 0.3 is 0 Å². The number of carbonyl (C=O) groups is 2. The highest BCUT2D eigenvalue weighted by Gasteiger charge is 2.35. The van der Waals surface area contributed by atoms with Crippen molar-refractivity contribution in [1.29, 1.82) is 0 Å². The fourth-order valence-corrected chi connectivity index (χ4v) is 4.01. The van der Waals surface area contributed by atoms with Crippen molar-refractivity contribution >= 4 is 17.9 Å². The second kappa shape index (κ2) is 9.47. The summed E-state index contributed by atoms with van der Waals surface area (Å²) in [4.78, 5) is 26.4. The Morgan fingerprint density at radius 2 is 1.91 bits per heavy atom. The molecule has 0 fully saturated rings. The SMILES string of the molecule is COc1ccc2c(c1)OC(C)(C)CC2NC(=O)/C(=C/c1ccco1)NC(=O)c1ccccc1C. The molecule has 0 saturated heterocycles. The van der Waals surface area contributed by atoms with Crippen LogP contribution in [0.5, 0.6) is 11.5 Å². The summed E-state index contributed by atoms with van der Waals surface area (Å²) >= 11 is 0. The first kappa shape index (κ1) is 23.2. The van der Waals surface area contributed by atoms with Crippen molar-refractivity contribution in [2.24, 2.45) is 0 Å². The molecule has 2 aromatic carbocycles. The summed E-state index contributed by atoms with van der Waals surface area (Å²) in [5.74, 6) is 0.978. The van der Waals surface area contributed by atoms with E-state index in [2.05, 4.69) is 10.6 Å². The maximum absolute atomic E-state index is 13.4. The van der Waals surface area contributed by atoms with Crippen LogP contribution in [0.4, 0.5) is 0 Å². The minimum absolute atomic E-state index is 0.0857. The number of methoxy groups -OCH3 is 1. The summed E-state index contributed by atoms with van der Waals surface area (Å²) in [6.07, 6.45) is 3.58. The fourth-order valence-electron chi connectivity index (χ4n) is 4.01. The monoisotopic (exact) mass is 460 g/mol. The number of fused-ring (bicyclic) bond motifs is 1. The van der Waals surface area contributed by atoms with Gasteiger partial charge in [-0.3, -0.25) is 9.59 Å². The van der Waals surface area contributed by atoms with Crippen LogP contribution in [-0.4, -0.2) is 24.5 Å². The number of hydrogen-bond donors (Lipinski definition) is 2. The number of nitrogens with one attached hydrogen (secondary N) is 2. The van der Waals surface area contributed by atoms with Gasteiger partial charge < -0.3 is 24.5 Å². The molecule has 0 spiro atoms. The van der Waals surface area contributed by atoms with Gasteiger partial charge in [0.05, 0.1) is 19.4 Å². The predicted octanol–water partition coefficient (Wildman–Crippen LogP) is 4.79. The molecule has 34 heavy (non-hydrogen) atoms. The number of aryl methyl sites for hydroxylation is 1. The van der Waals surface area contributed by atoms with E-state index in [9.17, 15) is 9.59 Å². The van der Waals surface area contributed by atoms with Crippen LogP contribution in [0, 0.1) is 6.92 Å². The summed E-state index contributed by atoms with van der Waals surface area (Å²) in [6, 6.07) is 15.8. The standard InChI is InChI=1S/C27H28N2O5/c1-17-8-5-6-10-20(17)25(30)28-22(14-19-9-7-13-33-19)26(31)29-23-16-27(2,3)34-24-15-18(32-4)11-12-21(23)24/h5-15,23H,16H2,1-4H3,(H,28,30)(H,29,31)/b22-14-. The molecule has 1 aromatic heterocycles. The average molecular weight is 461 g/mol. The van der Waals surface area contributed by atoms with Gasteiger partial charge in [-0.1, -0.05) is 18.2 Å². The van der Waals surface area contributed by atoms with Gasteiger partial charge in [0.15, 0.2) is 0 Å². The van der Waals surface area contributed by atoms with Gasteiger partial charge in [0.25, 0.3) is 11.8 Å². The molecule has 1 aliphatic rings. The molecule has 176 valence electrons. The summed E-state index contributed by atoms with van der Waals surface area (Å²) in [7, 11) is 1.60. The molecule has 2 amide bonds. The van der Waals surface area contributed by atoms with Crippen molar-refractivity contribution in [3.63, 3.8) is 0 Å². The van der Waals surface area contributed by atoms with Crippen LogP contribution in [0.3, 0.4) is 0 Å². The van der Waals surface area contributed by atoms with Gasteiger partial charge in [-0.25, -0.2) is 0 Å². The quantitative estimate of drug-likeness (QED) is 0.517. The maximum Gasteiger partial charge on any atom is 0.268 e. The molecule has 4 rings (SSSR count). The minimum atomic E-state index is -0.507. The Morgan fingerprint density at radius 3 is 2.62 bits per heavy atom. The molecular formula is C27H28N2O5. The van der Waals surface area contributed by atoms with Gasteiger partial charge in [0.2, 0.25) is 0 Å². The Balaban J connectivity index is 1.62. The number of ether oxygens (including phenoxy) is 2. The number of carbonyl (C=O) groups excluding carboxylic acids is 2. The molecular weight excluding hydrogens is 432 g/mol. The van der Waals surface area contributed by atoms with Gasteiger partial charge in [0, 0.05) is 29.7 Å². The van der Waals surface area contributed by atoms with E-state index in [0.29, 0.717) is 29.2 Å². The van der Waals surface area contributed by atoms with Crippen molar-refractivity contribution in [2.75, 3.05) is 7.11 Å². The molecule has 0 bridgehead atoms. The molecule has 1 atom stereocenters. The highest BCUT2D eigenvalue weighted by molar-refractivity contribution is 6.05. The fraction of sp³-hybridized carbons (Fsp3) is 0.259. The van der Waals surface area contributed by atoms with Crippen molar-refractivity contribution in [3.8, 4) is 11.5 Å². The van der Waals surface area contributed by atoms with Crippen molar-refractivity contribution in [2.45, 2.75) is 38.8 Å². The molecule has 0 saturated carbocycles. The Labute approximate surface area is 198 Å². The highest BCUT2D eigenvalue weighted by Crippen LogP contribution is 2.41. The third kappa shape index (κ3) is 5.14. The van der Waals surface area contributed by atoms with E-state index in [0.717, 1.165) is 11.1 Å². The van der Waals surface area contributed by atoms with E-state index >= 15 is 0 Å².